The first-order chi connectivity index (χ1) is 6.27. The van der Waals surface area contributed by atoms with Gasteiger partial charge in [-0.15, -0.1) is 0 Å². The molecule has 1 aliphatic carbocycles. The van der Waals surface area contributed by atoms with Gasteiger partial charge in [0.2, 0.25) is 0 Å². The molecule has 2 rings (SSSR count). The highest BCUT2D eigenvalue weighted by Crippen LogP contribution is 2.21. The van der Waals surface area contributed by atoms with Gasteiger partial charge in [0.1, 0.15) is 0 Å². The summed E-state index contributed by atoms with van der Waals surface area (Å²) in [5, 5.41) is 4.38. The van der Waals surface area contributed by atoms with Gasteiger partial charge >= 0.3 is 0 Å². The molecule has 1 heterocycles. The van der Waals surface area contributed by atoms with E-state index in [1.54, 1.807) is 0 Å². The maximum Gasteiger partial charge on any atom is 0.169 e. The topological polar surface area (TPSA) is 15.3 Å². The number of hydrogen-bond donors (Lipinski definition) is 1. The zero-order chi connectivity index (χ0) is 9.26. The lowest BCUT2D eigenvalue weighted by molar-refractivity contribution is 0.359. The zero-order valence-electron chi connectivity index (χ0n) is 7.95. The molecule has 0 amide bonds. The molecule has 2 fully saturated rings. The largest absolute Gasteiger partial charge is 0.360 e. The minimum atomic E-state index is 0.609. The van der Waals surface area contributed by atoms with Crippen molar-refractivity contribution in [2.45, 2.75) is 31.8 Å². The molecule has 2 aliphatic rings. The molecule has 2 nitrogen and oxygen atoms in total. The number of nitrogens with one attached hydrogen (secondary N) is 1. The van der Waals surface area contributed by atoms with Crippen molar-refractivity contribution in [1.82, 2.24) is 10.2 Å². The molecule has 0 spiro atoms. The number of rotatable bonds is 1. The molecule has 1 N–H and O–H groups in total. The minimum Gasteiger partial charge on any atom is -0.360 e. The third-order valence-electron chi connectivity index (χ3n) is 2.53. The Bertz CT molecular complexity index is 204. The fourth-order valence-corrected chi connectivity index (χ4v) is 2.97. The Kier molecular flexibility index (Phi) is 2.99. The maximum absolute atomic E-state index is 5.37. The van der Waals surface area contributed by atoms with Crippen molar-refractivity contribution in [3.05, 3.63) is 0 Å². The Labute approximate surface area is 89.4 Å². The van der Waals surface area contributed by atoms with Crippen LogP contribution in [0.15, 0.2) is 0 Å². The van der Waals surface area contributed by atoms with Gasteiger partial charge in [-0.25, -0.2) is 0 Å². The SMILES string of the molecule is CC1CSCCN1C(=S)NC1CC1. The molecule has 13 heavy (non-hydrogen) atoms. The first-order valence-corrected chi connectivity index (χ1v) is 6.48. The summed E-state index contributed by atoms with van der Waals surface area (Å²) in [6.45, 7) is 3.37. The Morgan fingerprint density at radius 1 is 1.54 bits per heavy atom. The van der Waals surface area contributed by atoms with Crippen LogP contribution in [0.2, 0.25) is 0 Å². The van der Waals surface area contributed by atoms with Crippen LogP contribution < -0.4 is 5.32 Å². The van der Waals surface area contributed by atoms with Gasteiger partial charge in [0, 0.05) is 30.1 Å². The summed E-state index contributed by atoms with van der Waals surface area (Å²) in [5.41, 5.74) is 0. The predicted molar refractivity (Wildman–Crippen MR) is 62.2 cm³/mol. The summed E-state index contributed by atoms with van der Waals surface area (Å²) in [5.74, 6) is 2.43. The van der Waals surface area contributed by atoms with E-state index in [1.807, 2.05) is 11.8 Å². The van der Waals surface area contributed by atoms with E-state index in [1.165, 1.54) is 24.3 Å². The molecular formula is C9H16N2S2. The minimum absolute atomic E-state index is 0.609. The molecule has 0 bridgehead atoms. The van der Waals surface area contributed by atoms with Crippen LogP contribution >= 0.6 is 24.0 Å². The van der Waals surface area contributed by atoms with Crippen LogP contribution in [0.25, 0.3) is 0 Å². The summed E-state index contributed by atoms with van der Waals surface area (Å²) >= 11 is 7.40. The van der Waals surface area contributed by atoms with E-state index < -0.39 is 0 Å². The van der Waals surface area contributed by atoms with E-state index in [9.17, 15) is 0 Å². The highest BCUT2D eigenvalue weighted by atomic mass is 32.2. The molecule has 1 saturated heterocycles. The molecule has 1 saturated carbocycles. The predicted octanol–water partition coefficient (Wildman–Crippen LogP) is 1.46. The lowest BCUT2D eigenvalue weighted by Crippen LogP contribution is -2.49. The van der Waals surface area contributed by atoms with E-state index in [4.69, 9.17) is 12.2 Å². The molecule has 0 aromatic rings. The van der Waals surface area contributed by atoms with Crippen LogP contribution in [0.3, 0.4) is 0 Å². The van der Waals surface area contributed by atoms with Crippen molar-refractivity contribution in [1.29, 1.82) is 0 Å². The van der Waals surface area contributed by atoms with E-state index in [-0.39, 0.29) is 0 Å². The van der Waals surface area contributed by atoms with Crippen molar-refractivity contribution in [2.24, 2.45) is 0 Å². The molecule has 1 atom stereocenters. The first-order valence-electron chi connectivity index (χ1n) is 4.92. The van der Waals surface area contributed by atoms with Crippen LogP contribution in [0.1, 0.15) is 19.8 Å². The summed E-state index contributed by atoms with van der Waals surface area (Å²) in [6.07, 6.45) is 2.61. The highest BCUT2D eigenvalue weighted by Gasteiger charge is 2.26. The van der Waals surface area contributed by atoms with Crippen LogP contribution in [-0.2, 0) is 0 Å². The molecule has 74 valence electrons. The lowest BCUT2D eigenvalue weighted by Gasteiger charge is -2.35. The number of hydrogen-bond acceptors (Lipinski definition) is 2. The average Bonchev–Trinajstić information content (AvgIpc) is 2.89. The van der Waals surface area contributed by atoms with Crippen LogP contribution in [0.4, 0.5) is 0 Å². The summed E-state index contributed by atoms with van der Waals surface area (Å²) in [6, 6.07) is 1.30. The number of thiocarbonyl (C=S) groups is 1. The fraction of sp³-hybridized carbons (Fsp3) is 0.889. The van der Waals surface area contributed by atoms with Crippen LogP contribution in [-0.4, -0.2) is 40.1 Å². The Hall–Kier alpha value is 0.0400. The lowest BCUT2D eigenvalue weighted by atomic mass is 10.3. The van der Waals surface area contributed by atoms with E-state index in [0.29, 0.717) is 12.1 Å². The third-order valence-corrected chi connectivity index (χ3v) is 4.08. The Morgan fingerprint density at radius 3 is 2.92 bits per heavy atom. The van der Waals surface area contributed by atoms with Gasteiger partial charge in [-0.05, 0) is 32.0 Å². The molecule has 1 unspecified atom stereocenters. The van der Waals surface area contributed by atoms with E-state index >= 15 is 0 Å². The normalized spacial score (nSPS) is 28.7. The monoisotopic (exact) mass is 216 g/mol. The van der Waals surface area contributed by atoms with Crippen molar-refractivity contribution in [3.63, 3.8) is 0 Å². The van der Waals surface area contributed by atoms with E-state index in [2.05, 4.69) is 17.1 Å². The smallest absolute Gasteiger partial charge is 0.169 e. The van der Waals surface area contributed by atoms with Gasteiger partial charge in [-0.1, -0.05) is 0 Å². The second-order valence-electron chi connectivity index (χ2n) is 3.84. The third kappa shape index (κ3) is 2.50. The standard InChI is InChI=1S/C9H16N2S2/c1-7-6-13-5-4-11(7)9(12)10-8-2-3-8/h7-8H,2-6H2,1H3,(H,10,12). The zero-order valence-corrected chi connectivity index (χ0v) is 9.59. The summed E-state index contributed by atoms with van der Waals surface area (Å²) < 4.78 is 0. The van der Waals surface area contributed by atoms with Gasteiger partial charge in [-0.2, -0.15) is 11.8 Å². The van der Waals surface area contributed by atoms with E-state index in [0.717, 1.165) is 11.7 Å². The second-order valence-corrected chi connectivity index (χ2v) is 5.38. The first kappa shape index (κ1) is 9.59. The van der Waals surface area contributed by atoms with Crippen molar-refractivity contribution >= 4 is 29.1 Å². The molecule has 1 aliphatic heterocycles. The summed E-state index contributed by atoms with van der Waals surface area (Å²) in [4.78, 5) is 2.34. The Morgan fingerprint density at radius 2 is 2.31 bits per heavy atom. The second kappa shape index (κ2) is 4.05. The Balaban J connectivity index is 1.85. The van der Waals surface area contributed by atoms with Crippen molar-refractivity contribution in [2.75, 3.05) is 18.1 Å². The van der Waals surface area contributed by atoms with Gasteiger partial charge in [0.15, 0.2) is 5.11 Å². The summed E-state index contributed by atoms with van der Waals surface area (Å²) in [7, 11) is 0. The van der Waals surface area contributed by atoms with Gasteiger partial charge in [0.25, 0.3) is 0 Å². The highest BCUT2D eigenvalue weighted by molar-refractivity contribution is 7.99. The van der Waals surface area contributed by atoms with Gasteiger partial charge in [0.05, 0.1) is 0 Å². The molecule has 0 radical (unpaired) electrons. The van der Waals surface area contributed by atoms with Gasteiger partial charge < -0.3 is 10.2 Å². The quantitative estimate of drug-likeness (QED) is 0.667. The molecule has 0 aromatic carbocycles. The van der Waals surface area contributed by atoms with Crippen molar-refractivity contribution < 1.29 is 0 Å². The fourth-order valence-electron chi connectivity index (χ4n) is 1.51. The molecule has 4 heteroatoms. The van der Waals surface area contributed by atoms with Crippen LogP contribution in [0, 0.1) is 0 Å². The average molecular weight is 216 g/mol. The number of thioether (sulfide) groups is 1. The molecule has 0 aromatic heterocycles. The van der Waals surface area contributed by atoms with Crippen LogP contribution in [0.5, 0.6) is 0 Å². The maximum atomic E-state index is 5.37. The van der Waals surface area contributed by atoms with Crippen molar-refractivity contribution in [3.8, 4) is 0 Å². The van der Waals surface area contributed by atoms with Gasteiger partial charge in [-0.3, -0.25) is 0 Å². The molecular weight excluding hydrogens is 200 g/mol. The number of nitrogens with zero attached hydrogens (tertiary/aromatic N) is 1.